The molecule has 236 valence electrons. The first kappa shape index (κ1) is 32.6. The number of hydrogen-bond acceptors (Lipinski definition) is 0. The van der Waals surface area contributed by atoms with E-state index < -0.39 is 8.29 Å². The molecule has 4 aromatic carbocycles. The highest BCUT2D eigenvalue weighted by atomic mass is 32.4. The lowest BCUT2D eigenvalue weighted by Gasteiger charge is -2.85. The van der Waals surface area contributed by atoms with Crippen LogP contribution in [0.5, 0.6) is 0 Å². The van der Waals surface area contributed by atoms with Gasteiger partial charge in [0, 0.05) is 5.75 Å². The molecule has 0 saturated heterocycles. The van der Waals surface area contributed by atoms with Crippen molar-refractivity contribution in [2.24, 2.45) is 0 Å². The van der Waals surface area contributed by atoms with Crippen LogP contribution in [0.25, 0.3) is 0 Å². The molecule has 0 radical (unpaired) electrons. The number of rotatable bonds is 12. The van der Waals surface area contributed by atoms with Gasteiger partial charge in [-0.3, -0.25) is 0 Å². The summed E-state index contributed by atoms with van der Waals surface area (Å²) in [4.78, 5) is 4.47. The Hall–Kier alpha value is -2.84. The van der Waals surface area contributed by atoms with E-state index in [1.807, 2.05) is 0 Å². The molecule has 1 unspecified atom stereocenters. The first-order valence-electron chi connectivity index (χ1n) is 17.3. The van der Waals surface area contributed by atoms with Gasteiger partial charge in [-0.2, -0.15) is 0 Å². The lowest BCUT2D eigenvalue weighted by atomic mass is 9.89. The fourth-order valence-corrected chi connectivity index (χ4v) is 20.7. The summed E-state index contributed by atoms with van der Waals surface area (Å²) in [6.07, 6.45) is 10.6. The Morgan fingerprint density at radius 2 is 1.34 bits per heavy atom. The maximum absolute atomic E-state index is 15.1. The first-order chi connectivity index (χ1) is 21.3. The summed E-state index contributed by atoms with van der Waals surface area (Å²) in [5, 5.41) is 0.455. The quantitative estimate of drug-likeness (QED) is 0.150. The fourth-order valence-electron chi connectivity index (χ4n) is 9.54. The number of aryl methyl sites for hydroxylation is 1. The van der Waals surface area contributed by atoms with E-state index in [0.29, 0.717) is 11.2 Å². The molecule has 0 aromatic heterocycles. The van der Waals surface area contributed by atoms with Crippen molar-refractivity contribution in [1.82, 2.24) is 0 Å². The zero-order valence-corrected chi connectivity index (χ0v) is 28.8. The second-order valence-corrected chi connectivity index (χ2v) is 20.6. The molecule has 0 N–H and O–H groups in total. The van der Waals surface area contributed by atoms with Crippen LogP contribution in [0.1, 0.15) is 107 Å². The fraction of sp³-hybridized carbons (Fsp3) is 0.429. The second kappa shape index (κ2) is 12.9. The molecule has 4 aromatic rings. The highest BCUT2D eigenvalue weighted by Gasteiger charge is 2.69. The summed E-state index contributed by atoms with van der Waals surface area (Å²) in [6, 6.07) is 36.1. The monoisotopic (exact) mass is 610 g/mol. The van der Waals surface area contributed by atoms with Gasteiger partial charge >= 0.3 is 0 Å². The van der Waals surface area contributed by atoms with Gasteiger partial charge in [-0.15, -0.1) is 0 Å². The van der Waals surface area contributed by atoms with Crippen molar-refractivity contribution in [3.8, 4) is 0 Å². The van der Waals surface area contributed by atoms with Crippen LogP contribution in [0.4, 0.5) is 4.39 Å². The predicted molar refractivity (Wildman–Crippen MR) is 191 cm³/mol. The lowest BCUT2D eigenvalue weighted by Crippen LogP contribution is -2.52. The van der Waals surface area contributed by atoms with Gasteiger partial charge in [0.25, 0.3) is 0 Å². The molecule has 0 bridgehead atoms. The van der Waals surface area contributed by atoms with E-state index in [4.69, 9.17) is 0 Å². The van der Waals surface area contributed by atoms with Crippen molar-refractivity contribution in [1.29, 1.82) is 0 Å². The van der Waals surface area contributed by atoms with Crippen LogP contribution in [0, 0.1) is 12.7 Å². The molecule has 0 heterocycles. The van der Waals surface area contributed by atoms with Gasteiger partial charge < -0.3 is 0 Å². The molecule has 1 aliphatic carbocycles. The van der Waals surface area contributed by atoms with E-state index in [2.05, 4.69) is 120 Å². The topological polar surface area (TPSA) is 0 Å². The van der Waals surface area contributed by atoms with Crippen LogP contribution < -0.4 is 0 Å². The summed E-state index contributed by atoms with van der Waals surface area (Å²) >= 11 is 0. The van der Waals surface area contributed by atoms with Crippen molar-refractivity contribution >= 4 is 8.29 Å². The van der Waals surface area contributed by atoms with Crippen molar-refractivity contribution in [3.63, 3.8) is 0 Å². The van der Waals surface area contributed by atoms with E-state index in [0.717, 1.165) is 37.2 Å². The Kier molecular flexibility index (Phi) is 9.53. The van der Waals surface area contributed by atoms with Crippen LogP contribution in [-0.4, -0.2) is 11.0 Å². The summed E-state index contributed by atoms with van der Waals surface area (Å²) in [6.45, 7) is 11.9. The van der Waals surface area contributed by atoms with E-state index >= 15 is 4.39 Å². The summed E-state index contributed by atoms with van der Waals surface area (Å²) in [7, 11) is -3.81. The minimum atomic E-state index is -3.81. The Balaban J connectivity index is 2.20. The highest BCUT2D eigenvalue weighted by Crippen LogP contribution is 3.07. The molecule has 1 saturated carbocycles. The zero-order chi connectivity index (χ0) is 31.3. The van der Waals surface area contributed by atoms with E-state index in [9.17, 15) is 0 Å². The minimum Gasteiger partial charge on any atom is -0.207 e. The zero-order valence-electron chi connectivity index (χ0n) is 28.0. The van der Waals surface area contributed by atoms with Gasteiger partial charge in [0.05, 0.1) is 0 Å². The average molecular weight is 611 g/mol. The SMILES string of the molecule is CCCc1c(C)ccc(S(CCC)(Cc2ccccc2)(c2ccccc2)(c2ccc(F)cc2)C2CCCCC2)c1C(C)CC. The first-order valence-corrected chi connectivity index (χ1v) is 20.2. The number of hydrogen-bond donors (Lipinski definition) is 0. The third-order valence-electron chi connectivity index (χ3n) is 11.5. The Labute approximate surface area is 266 Å². The third kappa shape index (κ3) is 4.70. The van der Waals surface area contributed by atoms with Crippen LogP contribution >= 0.6 is 8.29 Å². The summed E-state index contributed by atoms with van der Waals surface area (Å²) in [5.41, 5.74) is 5.97. The standard InChI is InChI=1S/C42H55FS/c1-6-18-40-34(5)25-30-41(42(40)33(4)8-3)44(31-7-2,37-21-14-10-15-22-37,38-23-16-11-17-24-38,32-35-19-12-9-13-20-35)39-28-26-36(43)27-29-39/h9-10,12-15,19-22,25-30,33,38H,6-8,11,16-18,23-24,31-32H2,1-5H3. The maximum Gasteiger partial charge on any atom is 0.123 e. The van der Waals surface area contributed by atoms with Crippen LogP contribution in [0.2, 0.25) is 0 Å². The molecule has 0 spiro atoms. The normalized spacial score (nSPS) is 16.7. The van der Waals surface area contributed by atoms with E-state index in [1.165, 1.54) is 53.0 Å². The minimum absolute atomic E-state index is 0.149. The lowest BCUT2D eigenvalue weighted by molar-refractivity contribution is 0.500. The van der Waals surface area contributed by atoms with Crippen molar-refractivity contribution < 1.29 is 4.39 Å². The molecule has 2 heteroatoms. The number of benzene rings is 4. The molecule has 0 aliphatic heterocycles. The molecule has 5 rings (SSSR count). The molecule has 1 atom stereocenters. The molecular formula is C42H55FS. The van der Waals surface area contributed by atoms with Gasteiger partial charge in [-0.1, -0.05) is 126 Å². The smallest absolute Gasteiger partial charge is 0.123 e. The molecule has 0 nitrogen and oxygen atoms in total. The molecular weight excluding hydrogens is 556 g/mol. The average Bonchev–Trinajstić information content (AvgIpc) is 3.07. The van der Waals surface area contributed by atoms with Crippen molar-refractivity contribution in [2.75, 3.05) is 5.75 Å². The van der Waals surface area contributed by atoms with Crippen molar-refractivity contribution in [2.45, 2.75) is 124 Å². The molecule has 44 heavy (non-hydrogen) atoms. The van der Waals surface area contributed by atoms with Gasteiger partial charge in [-0.05, 0) is 117 Å². The third-order valence-corrected chi connectivity index (χ3v) is 21.6. The van der Waals surface area contributed by atoms with Gasteiger partial charge in [0.15, 0.2) is 0 Å². The predicted octanol–water partition coefficient (Wildman–Crippen LogP) is 12.9. The van der Waals surface area contributed by atoms with Crippen LogP contribution in [0.3, 0.4) is 0 Å². The molecule has 1 fully saturated rings. The Morgan fingerprint density at radius 3 is 1.93 bits per heavy atom. The van der Waals surface area contributed by atoms with E-state index in [-0.39, 0.29) is 5.82 Å². The second-order valence-electron chi connectivity index (χ2n) is 13.8. The van der Waals surface area contributed by atoms with Gasteiger partial charge in [0.1, 0.15) is 5.82 Å². The van der Waals surface area contributed by atoms with Crippen LogP contribution in [-0.2, 0) is 12.2 Å². The Bertz CT molecular complexity index is 1540. The number of halogens is 1. The maximum atomic E-state index is 15.1. The summed E-state index contributed by atoms with van der Waals surface area (Å²) in [5.74, 6) is 2.31. The van der Waals surface area contributed by atoms with E-state index in [1.54, 1.807) is 28.2 Å². The largest absolute Gasteiger partial charge is 0.207 e. The highest BCUT2D eigenvalue weighted by molar-refractivity contribution is 8.64. The molecule has 0 amide bonds. The van der Waals surface area contributed by atoms with Crippen molar-refractivity contribution in [3.05, 3.63) is 125 Å². The van der Waals surface area contributed by atoms with Crippen LogP contribution in [0.15, 0.2) is 112 Å². The van der Waals surface area contributed by atoms with Gasteiger partial charge in [0.2, 0.25) is 0 Å². The van der Waals surface area contributed by atoms with Gasteiger partial charge in [-0.25, -0.2) is 12.7 Å². The Morgan fingerprint density at radius 1 is 0.727 bits per heavy atom. The molecule has 1 aliphatic rings. The summed E-state index contributed by atoms with van der Waals surface area (Å²) < 4.78 is 15.1.